The molecule has 1 N–H and O–H groups in total. The highest BCUT2D eigenvalue weighted by atomic mass is 79.9. The molecule has 2 aromatic carbocycles. The van der Waals surface area contributed by atoms with Crippen LogP contribution >= 0.6 is 15.9 Å². The third-order valence-corrected chi connectivity index (χ3v) is 6.13. The summed E-state index contributed by atoms with van der Waals surface area (Å²) >= 11 is 3.46. The van der Waals surface area contributed by atoms with Crippen LogP contribution in [0.15, 0.2) is 69.8 Å². The number of ether oxygens (including phenoxy) is 2. The average molecular weight is 497 g/mol. The second kappa shape index (κ2) is 10.1. The highest BCUT2D eigenvalue weighted by molar-refractivity contribution is 9.10. The molecule has 32 heavy (non-hydrogen) atoms. The van der Waals surface area contributed by atoms with Gasteiger partial charge in [0.2, 0.25) is 5.78 Å². The van der Waals surface area contributed by atoms with Crippen molar-refractivity contribution >= 4 is 39.4 Å². The Balaban J connectivity index is 1.62. The first-order chi connectivity index (χ1) is 15.5. The molecule has 1 fully saturated rings. The van der Waals surface area contributed by atoms with E-state index in [1.54, 1.807) is 31.4 Å². The molecule has 0 atom stereocenters. The van der Waals surface area contributed by atoms with Crippen LogP contribution < -0.4 is 10.1 Å². The van der Waals surface area contributed by atoms with Crippen molar-refractivity contribution in [3.63, 3.8) is 0 Å². The van der Waals surface area contributed by atoms with Crippen molar-refractivity contribution in [1.29, 1.82) is 0 Å². The molecule has 0 spiro atoms. The molecule has 1 heterocycles. The minimum atomic E-state index is -0.624. The summed E-state index contributed by atoms with van der Waals surface area (Å²) in [6, 6.07) is 15.0. The summed E-state index contributed by atoms with van der Waals surface area (Å²) in [5, 5.41) is 2.72. The van der Waals surface area contributed by atoms with Crippen molar-refractivity contribution < 1.29 is 19.1 Å². The van der Waals surface area contributed by atoms with Gasteiger partial charge >= 0.3 is 0 Å². The molecule has 6 nitrogen and oxygen atoms in total. The maximum absolute atomic E-state index is 13.2. The van der Waals surface area contributed by atoms with Crippen LogP contribution in [0, 0.1) is 0 Å². The Hall–Kier alpha value is -2.90. The van der Waals surface area contributed by atoms with E-state index in [0.29, 0.717) is 49.7 Å². The SMILES string of the molecule is COc1ccc(NC(=O)C(=O)C2=C(N3CCOCC3)/C(=C/c3ccc(Br)cc3)CC2)cc1. The summed E-state index contributed by atoms with van der Waals surface area (Å²) in [6.07, 6.45) is 3.38. The maximum atomic E-state index is 13.2. The molecular formula is C25H25BrN2O4. The fourth-order valence-corrected chi connectivity index (χ4v) is 4.26. The zero-order valence-electron chi connectivity index (χ0n) is 17.9. The molecule has 0 bridgehead atoms. The number of nitrogens with zero attached hydrogens (tertiary/aromatic N) is 1. The van der Waals surface area contributed by atoms with E-state index in [1.807, 2.05) is 24.3 Å². The predicted octanol–water partition coefficient (Wildman–Crippen LogP) is 4.43. The third-order valence-electron chi connectivity index (χ3n) is 5.60. The number of hydrogen-bond acceptors (Lipinski definition) is 5. The highest BCUT2D eigenvalue weighted by Crippen LogP contribution is 2.36. The first-order valence-corrected chi connectivity index (χ1v) is 11.4. The van der Waals surface area contributed by atoms with Gasteiger partial charge in [-0.05, 0) is 66.5 Å². The molecule has 0 saturated carbocycles. The van der Waals surface area contributed by atoms with Crippen LogP contribution in [-0.4, -0.2) is 50.0 Å². The summed E-state index contributed by atoms with van der Waals surface area (Å²) in [6.45, 7) is 2.61. The van der Waals surface area contributed by atoms with Gasteiger partial charge in [-0.3, -0.25) is 9.59 Å². The quantitative estimate of drug-likeness (QED) is 0.599. The summed E-state index contributed by atoms with van der Waals surface area (Å²) < 4.78 is 11.7. The van der Waals surface area contributed by atoms with Crippen LogP contribution in [0.3, 0.4) is 0 Å². The van der Waals surface area contributed by atoms with E-state index >= 15 is 0 Å². The molecule has 166 valence electrons. The monoisotopic (exact) mass is 496 g/mol. The maximum Gasteiger partial charge on any atom is 0.296 e. The number of nitrogens with one attached hydrogen (secondary N) is 1. The fraction of sp³-hybridized carbons (Fsp3) is 0.280. The Bertz CT molecular complexity index is 1050. The van der Waals surface area contributed by atoms with Gasteiger partial charge in [-0.2, -0.15) is 0 Å². The van der Waals surface area contributed by atoms with Gasteiger partial charge in [0.25, 0.3) is 5.91 Å². The number of ketones is 1. The Morgan fingerprint density at radius 2 is 1.72 bits per heavy atom. The van der Waals surface area contributed by atoms with Crippen LogP contribution in [0.4, 0.5) is 5.69 Å². The first-order valence-electron chi connectivity index (χ1n) is 10.6. The number of morpholine rings is 1. The molecule has 1 saturated heterocycles. The molecular weight excluding hydrogens is 472 g/mol. The lowest BCUT2D eigenvalue weighted by atomic mass is 10.1. The summed E-state index contributed by atoms with van der Waals surface area (Å²) in [5.41, 5.74) is 4.15. The second-order valence-electron chi connectivity index (χ2n) is 7.66. The van der Waals surface area contributed by atoms with E-state index in [4.69, 9.17) is 9.47 Å². The summed E-state index contributed by atoms with van der Waals surface area (Å²) in [4.78, 5) is 28.1. The summed E-state index contributed by atoms with van der Waals surface area (Å²) in [7, 11) is 1.58. The first kappa shape index (κ1) is 22.3. The van der Waals surface area contributed by atoms with Gasteiger partial charge in [0.1, 0.15) is 5.75 Å². The lowest BCUT2D eigenvalue weighted by molar-refractivity contribution is -0.132. The standard InChI is InChI=1S/C25H25BrN2O4/c1-31-21-9-7-20(8-10-21)27-25(30)24(29)22-11-4-18(16-17-2-5-19(26)6-3-17)23(22)28-12-14-32-15-13-28/h2-3,5-10,16H,4,11-15H2,1H3,(H,27,30)/b18-16+. The van der Waals surface area contributed by atoms with E-state index in [-0.39, 0.29) is 0 Å². The van der Waals surface area contributed by atoms with Gasteiger partial charge in [-0.25, -0.2) is 0 Å². The molecule has 2 aliphatic rings. The van der Waals surface area contributed by atoms with E-state index in [2.05, 4.69) is 32.2 Å². The zero-order chi connectivity index (χ0) is 22.5. The van der Waals surface area contributed by atoms with E-state index in [1.165, 1.54) is 0 Å². The average Bonchev–Trinajstić information content (AvgIpc) is 3.24. The minimum absolute atomic E-state index is 0.485. The van der Waals surface area contributed by atoms with Gasteiger partial charge in [-0.1, -0.05) is 28.1 Å². The third kappa shape index (κ3) is 5.11. The molecule has 2 aromatic rings. The normalized spacial score (nSPS) is 17.6. The molecule has 1 amide bonds. The fourth-order valence-electron chi connectivity index (χ4n) is 3.99. The van der Waals surface area contributed by atoms with Crippen LogP contribution in [0.2, 0.25) is 0 Å². The van der Waals surface area contributed by atoms with Crippen molar-refractivity contribution in [3.05, 3.63) is 75.4 Å². The van der Waals surface area contributed by atoms with Crippen LogP contribution in [-0.2, 0) is 14.3 Å². The van der Waals surface area contributed by atoms with Gasteiger partial charge in [0, 0.05) is 34.5 Å². The molecule has 4 rings (SSSR count). The number of hydrogen-bond donors (Lipinski definition) is 1. The van der Waals surface area contributed by atoms with Crippen molar-refractivity contribution in [3.8, 4) is 5.75 Å². The number of Topliss-reactive ketones (excluding diaryl/α,β-unsaturated/α-hetero) is 1. The van der Waals surface area contributed by atoms with Gasteiger partial charge in [0.15, 0.2) is 0 Å². The van der Waals surface area contributed by atoms with Crippen molar-refractivity contribution in [1.82, 2.24) is 4.90 Å². The smallest absolute Gasteiger partial charge is 0.296 e. The Kier molecular flexibility index (Phi) is 7.07. The number of carbonyl (C=O) groups is 2. The zero-order valence-corrected chi connectivity index (χ0v) is 19.5. The lowest BCUT2D eigenvalue weighted by Crippen LogP contribution is -2.37. The second-order valence-corrected chi connectivity index (χ2v) is 8.58. The number of anilines is 1. The predicted molar refractivity (Wildman–Crippen MR) is 127 cm³/mol. The van der Waals surface area contributed by atoms with E-state index in [0.717, 1.165) is 27.7 Å². The van der Waals surface area contributed by atoms with Crippen LogP contribution in [0.25, 0.3) is 6.08 Å². The minimum Gasteiger partial charge on any atom is -0.497 e. The van der Waals surface area contributed by atoms with Gasteiger partial charge < -0.3 is 19.7 Å². The van der Waals surface area contributed by atoms with Crippen molar-refractivity contribution in [2.45, 2.75) is 12.8 Å². The number of halogens is 1. The molecule has 0 aromatic heterocycles. The molecule has 7 heteroatoms. The Morgan fingerprint density at radius 3 is 2.38 bits per heavy atom. The number of amides is 1. The Morgan fingerprint density at radius 1 is 1.03 bits per heavy atom. The van der Waals surface area contributed by atoms with Crippen LogP contribution in [0.1, 0.15) is 18.4 Å². The number of benzene rings is 2. The number of allylic oxidation sites excluding steroid dienone is 1. The van der Waals surface area contributed by atoms with Gasteiger partial charge in [0.05, 0.1) is 20.3 Å². The largest absolute Gasteiger partial charge is 0.497 e. The number of carbonyl (C=O) groups excluding carboxylic acids is 2. The lowest BCUT2D eigenvalue weighted by Gasteiger charge is -2.31. The van der Waals surface area contributed by atoms with Crippen molar-refractivity contribution in [2.75, 3.05) is 38.7 Å². The van der Waals surface area contributed by atoms with E-state index in [9.17, 15) is 9.59 Å². The van der Waals surface area contributed by atoms with Crippen molar-refractivity contribution in [2.24, 2.45) is 0 Å². The number of rotatable bonds is 6. The topological polar surface area (TPSA) is 67.9 Å². The van der Waals surface area contributed by atoms with Crippen LogP contribution in [0.5, 0.6) is 5.75 Å². The Labute approximate surface area is 196 Å². The molecule has 1 aliphatic heterocycles. The van der Waals surface area contributed by atoms with Gasteiger partial charge in [-0.15, -0.1) is 0 Å². The molecule has 0 unspecified atom stereocenters. The molecule has 0 radical (unpaired) electrons. The highest BCUT2D eigenvalue weighted by Gasteiger charge is 2.32. The summed E-state index contributed by atoms with van der Waals surface area (Å²) in [5.74, 6) is -0.424. The molecule has 1 aliphatic carbocycles. The van der Waals surface area contributed by atoms with E-state index < -0.39 is 11.7 Å². The number of methoxy groups -OCH3 is 1.